The van der Waals surface area contributed by atoms with Gasteiger partial charge in [-0.3, -0.25) is 0 Å². The van der Waals surface area contributed by atoms with Crippen molar-refractivity contribution in [2.75, 3.05) is 0 Å². The Labute approximate surface area is 296 Å². The number of nitrogens with zero attached hydrogens (tertiary/aromatic N) is 2. The van der Waals surface area contributed by atoms with Crippen LogP contribution in [-0.2, 0) is 5.41 Å². The molecule has 0 spiro atoms. The summed E-state index contributed by atoms with van der Waals surface area (Å²) < 4.78 is 5.22. The molecule has 2 aromatic heterocycles. The largest absolute Gasteiger partial charge is 0.310 e. The van der Waals surface area contributed by atoms with Gasteiger partial charge in [0.25, 0.3) is 6.71 Å². The Bertz CT molecular complexity index is 3000. The highest BCUT2D eigenvalue weighted by Crippen LogP contribution is 2.43. The van der Waals surface area contributed by atoms with E-state index in [2.05, 4.69) is 175 Å². The highest BCUT2D eigenvalue weighted by atomic mass is 15.0. The molecule has 0 saturated carbocycles. The van der Waals surface area contributed by atoms with Gasteiger partial charge in [0.15, 0.2) is 0 Å². The van der Waals surface area contributed by atoms with Gasteiger partial charge in [-0.2, -0.15) is 0 Å². The van der Waals surface area contributed by atoms with Gasteiger partial charge in [0, 0.05) is 44.0 Å². The van der Waals surface area contributed by atoms with Gasteiger partial charge in [-0.25, -0.2) is 0 Å². The van der Waals surface area contributed by atoms with Crippen LogP contribution in [0.4, 0.5) is 0 Å². The van der Waals surface area contributed by atoms with Gasteiger partial charge in [0.1, 0.15) is 0 Å². The van der Waals surface area contributed by atoms with Gasteiger partial charge in [-0.15, -0.1) is 0 Å². The van der Waals surface area contributed by atoms with Gasteiger partial charge < -0.3 is 9.13 Å². The van der Waals surface area contributed by atoms with Crippen molar-refractivity contribution in [1.82, 2.24) is 9.13 Å². The van der Waals surface area contributed by atoms with Gasteiger partial charge >= 0.3 is 0 Å². The maximum atomic E-state index is 2.61. The number of para-hydroxylation sites is 2. The van der Waals surface area contributed by atoms with Crippen LogP contribution in [-0.4, -0.2) is 15.8 Å². The summed E-state index contributed by atoms with van der Waals surface area (Å²) in [6, 6.07) is 55.3. The molecule has 0 radical (unpaired) electrons. The quantitative estimate of drug-likeness (QED) is 0.157. The molecule has 51 heavy (non-hydrogen) atoms. The van der Waals surface area contributed by atoms with Crippen LogP contribution in [0.25, 0.3) is 87.7 Å². The minimum absolute atomic E-state index is 0.00980. The van der Waals surface area contributed by atoms with Crippen molar-refractivity contribution < 1.29 is 0 Å². The molecular weight excluding hydrogens is 615 g/mol. The summed E-state index contributed by atoms with van der Waals surface area (Å²) in [7, 11) is 0. The lowest BCUT2D eigenvalue weighted by molar-refractivity contribution is 0.592. The molecule has 0 saturated heterocycles. The number of hydrogen-bond acceptors (Lipinski definition) is 0. The average molecular weight is 649 g/mol. The van der Waals surface area contributed by atoms with E-state index in [-0.39, 0.29) is 12.1 Å². The van der Waals surface area contributed by atoms with Crippen molar-refractivity contribution in [2.45, 2.75) is 26.2 Å². The summed E-state index contributed by atoms with van der Waals surface area (Å²) in [5.41, 5.74) is 15.9. The Balaban J connectivity index is 1.32. The van der Waals surface area contributed by atoms with E-state index in [1.54, 1.807) is 0 Å². The maximum absolute atomic E-state index is 2.61. The van der Waals surface area contributed by atoms with Crippen LogP contribution in [0.1, 0.15) is 26.3 Å². The number of aromatic nitrogens is 2. The molecule has 238 valence electrons. The predicted molar refractivity (Wildman–Crippen MR) is 219 cm³/mol. The number of benzene rings is 8. The van der Waals surface area contributed by atoms with Crippen LogP contribution in [0.2, 0.25) is 0 Å². The second-order valence-electron chi connectivity index (χ2n) is 15.7. The summed E-state index contributed by atoms with van der Waals surface area (Å²) in [5.74, 6) is 0. The van der Waals surface area contributed by atoms with Gasteiger partial charge in [0.2, 0.25) is 0 Å². The van der Waals surface area contributed by atoms with E-state index in [9.17, 15) is 0 Å². The Kier molecular flexibility index (Phi) is 5.10. The summed E-state index contributed by atoms with van der Waals surface area (Å²) in [6.45, 7) is 7.11. The molecule has 0 atom stereocenters. The van der Waals surface area contributed by atoms with Crippen molar-refractivity contribution in [3.8, 4) is 22.5 Å². The lowest BCUT2D eigenvalue weighted by Gasteiger charge is -2.34. The van der Waals surface area contributed by atoms with Crippen LogP contribution >= 0.6 is 0 Å². The summed E-state index contributed by atoms with van der Waals surface area (Å²) in [5, 5.41) is 10.4. The maximum Gasteiger partial charge on any atom is 0.252 e. The fourth-order valence-corrected chi connectivity index (χ4v) is 9.83. The van der Waals surface area contributed by atoms with Crippen LogP contribution in [0.15, 0.2) is 146 Å². The fourth-order valence-electron chi connectivity index (χ4n) is 9.83. The summed E-state index contributed by atoms with van der Waals surface area (Å²) in [4.78, 5) is 0. The summed E-state index contributed by atoms with van der Waals surface area (Å²) >= 11 is 0. The van der Waals surface area contributed by atoms with E-state index in [1.165, 1.54) is 110 Å². The average Bonchev–Trinajstić information content (AvgIpc) is 3.65. The molecule has 0 aliphatic carbocycles. The molecule has 8 aromatic carbocycles. The minimum Gasteiger partial charge on any atom is -0.310 e. The molecule has 0 N–H and O–H groups in total. The third kappa shape index (κ3) is 3.49. The number of hydrogen-bond donors (Lipinski definition) is 0. The first-order chi connectivity index (χ1) is 24.9. The lowest BCUT2D eigenvalue weighted by Crippen LogP contribution is -2.59. The number of fused-ring (bicyclic) bond motifs is 12. The number of rotatable bonds is 1. The molecule has 4 heterocycles. The van der Waals surface area contributed by atoms with Crippen molar-refractivity contribution in [3.63, 3.8) is 0 Å². The van der Waals surface area contributed by atoms with E-state index in [4.69, 9.17) is 0 Å². The summed E-state index contributed by atoms with van der Waals surface area (Å²) in [6.07, 6.45) is 0. The molecule has 2 aliphatic heterocycles. The van der Waals surface area contributed by atoms with Gasteiger partial charge in [-0.05, 0) is 96.4 Å². The van der Waals surface area contributed by atoms with E-state index in [0.717, 1.165) is 0 Å². The molecule has 0 unspecified atom stereocenters. The smallest absolute Gasteiger partial charge is 0.252 e. The molecule has 0 bridgehead atoms. The van der Waals surface area contributed by atoms with Gasteiger partial charge in [0.05, 0.1) is 11.0 Å². The molecule has 12 rings (SSSR count). The van der Waals surface area contributed by atoms with Crippen LogP contribution in [0.3, 0.4) is 0 Å². The lowest BCUT2D eigenvalue weighted by atomic mass is 9.34. The van der Waals surface area contributed by atoms with E-state index in [1.807, 2.05) is 0 Å². The highest BCUT2D eigenvalue weighted by molar-refractivity contribution is 7.00. The normalized spacial score (nSPS) is 13.4. The molecule has 2 nitrogen and oxygen atoms in total. The predicted octanol–water partition coefficient (Wildman–Crippen LogP) is 10.3. The van der Waals surface area contributed by atoms with Crippen molar-refractivity contribution in [1.29, 1.82) is 0 Å². The zero-order valence-corrected chi connectivity index (χ0v) is 28.8. The molecule has 10 aromatic rings. The zero-order valence-electron chi connectivity index (χ0n) is 28.8. The molecular formula is C48H33BN2. The SMILES string of the molecule is CC(C)(C)c1ccccc1-c1cc2c3c(c1)-n1c4cc5ccccc5cc4c4cccc(c41)B3c1cccc3c4cc5ccccc5cc4n-2c13. The first-order valence-corrected chi connectivity index (χ1v) is 18.1. The molecule has 3 heteroatoms. The van der Waals surface area contributed by atoms with Crippen molar-refractivity contribution in [3.05, 3.63) is 151 Å². The van der Waals surface area contributed by atoms with Crippen LogP contribution in [0, 0.1) is 0 Å². The monoisotopic (exact) mass is 648 g/mol. The fraction of sp³-hybridized carbons (Fsp3) is 0.0833. The second-order valence-corrected chi connectivity index (χ2v) is 15.7. The van der Waals surface area contributed by atoms with Crippen molar-refractivity contribution >= 4 is 88.3 Å². The first kappa shape index (κ1) is 27.7. The van der Waals surface area contributed by atoms with Gasteiger partial charge in [-0.1, -0.05) is 130 Å². The molecule has 2 aliphatic rings. The minimum atomic E-state index is -0.00980. The first-order valence-electron chi connectivity index (χ1n) is 18.1. The standard InChI is InChI=1S/C48H33BN2/c1-48(2,3)38-19-9-8-16-33(38)32-26-43-45-44(27-32)51-42-25-31-15-7-5-13-29(31)23-37(42)35-18-11-21-40(47(35)51)49(45)39-20-10-17-34-36-22-28-12-4-6-14-30(28)24-41(36)50(43)46(34)39/h4-27H,1-3H3. The topological polar surface area (TPSA) is 9.86 Å². The Hall–Kier alpha value is -6.06. The zero-order chi connectivity index (χ0) is 33.7. The second kappa shape index (κ2) is 9.38. The Morgan fingerprint density at radius 3 is 1.43 bits per heavy atom. The van der Waals surface area contributed by atoms with Crippen LogP contribution < -0.4 is 16.4 Å². The molecule has 0 amide bonds. The van der Waals surface area contributed by atoms with Crippen LogP contribution in [0.5, 0.6) is 0 Å². The highest BCUT2D eigenvalue weighted by Gasteiger charge is 2.41. The van der Waals surface area contributed by atoms with E-state index < -0.39 is 0 Å². The Morgan fingerprint density at radius 2 is 0.922 bits per heavy atom. The third-order valence-electron chi connectivity index (χ3n) is 11.9. The molecule has 0 fully saturated rings. The Morgan fingerprint density at radius 1 is 0.451 bits per heavy atom. The van der Waals surface area contributed by atoms with Crippen molar-refractivity contribution in [2.24, 2.45) is 0 Å². The van der Waals surface area contributed by atoms with E-state index in [0.29, 0.717) is 0 Å². The van der Waals surface area contributed by atoms with E-state index >= 15 is 0 Å². The third-order valence-corrected chi connectivity index (χ3v) is 11.9.